The van der Waals surface area contributed by atoms with E-state index in [-0.39, 0.29) is 18.1 Å². The Bertz CT molecular complexity index is 844. The molecule has 7 heteroatoms. The summed E-state index contributed by atoms with van der Waals surface area (Å²) in [4.78, 5) is 36.1. The number of fused-ring (bicyclic) bond motifs is 1. The molecule has 0 spiro atoms. The molecule has 1 aromatic heterocycles. The van der Waals surface area contributed by atoms with Gasteiger partial charge in [0.15, 0.2) is 0 Å². The summed E-state index contributed by atoms with van der Waals surface area (Å²) in [5.41, 5.74) is 3.32. The van der Waals surface area contributed by atoms with E-state index in [0.717, 1.165) is 19.3 Å². The number of imide groups is 1. The standard InChI is InChI=1S/C19H20N2O4S/c1-2-25-19(24)21-17(23)15-9-10-26-18(15)20-16(22)14-8-7-12-5-3-4-6-13(12)11-14/h7-11H,2-6H2,1H3,(H,20,22)(H,21,23,24). The van der Waals surface area contributed by atoms with Gasteiger partial charge in [-0.1, -0.05) is 6.07 Å². The fraction of sp³-hybridized carbons (Fsp3) is 0.316. The van der Waals surface area contributed by atoms with Gasteiger partial charge in [-0.2, -0.15) is 0 Å². The fourth-order valence-electron chi connectivity index (χ4n) is 2.96. The molecule has 0 bridgehead atoms. The highest BCUT2D eigenvalue weighted by Crippen LogP contribution is 2.26. The molecule has 2 aromatic rings. The van der Waals surface area contributed by atoms with Crippen LogP contribution >= 0.6 is 11.3 Å². The summed E-state index contributed by atoms with van der Waals surface area (Å²) >= 11 is 1.23. The molecule has 1 aliphatic rings. The van der Waals surface area contributed by atoms with Gasteiger partial charge < -0.3 is 10.1 Å². The summed E-state index contributed by atoms with van der Waals surface area (Å²) in [6, 6.07) is 7.30. The predicted molar refractivity (Wildman–Crippen MR) is 99.8 cm³/mol. The second-order valence-electron chi connectivity index (χ2n) is 5.98. The Morgan fingerprint density at radius 1 is 1.08 bits per heavy atom. The Labute approximate surface area is 155 Å². The second-order valence-corrected chi connectivity index (χ2v) is 6.90. The molecule has 1 aliphatic carbocycles. The van der Waals surface area contributed by atoms with Gasteiger partial charge in [-0.3, -0.25) is 14.9 Å². The fourth-order valence-corrected chi connectivity index (χ4v) is 3.74. The summed E-state index contributed by atoms with van der Waals surface area (Å²) in [6.45, 7) is 1.82. The molecule has 0 unspecified atom stereocenters. The maximum atomic E-state index is 12.6. The summed E-state index contributed by atoms with van der Waals surface area (Å²) in [7, 11) is 0. The smallest absolute Gasteiger partial charge is 0.414 e. The average Bonchev–Trinajstić information content (AvgIpc) is 3.09. The van der Waals surface area contributed by atoms with E-state index in [1.165, 1.54) is 28.9 Å². The maximum absolute atomic E-state index is 12.6. The van der Waals surface area contributed by atoms with E-state index in [2.05, 4.69) is 10.6 Å². The van der Waals surface area contributed by atoms with Crippen LogP contribution in [0.25, 0.3) is 0 Å². The molecule has 6 nitrogen and oxygen atoms in total. The Morgan fingerprint density at radius 3 is 2.62 bits per heavy atom. The van der Waals surface area contributed by atoms with Crippen molar-refractivity contribution in [1.82, 2.24) is 5.32 Å². The lowest BCUT2D eigenvalue weighted by Gasteiger charge is -2.16. The summed E-state index contributed by atoms with van der Waals surface area (Å²) in [5.74, 6) is -0.878. The predicted octanol–water partition coefficient (Wildman–Crippen LogP) is 3.77. The third kappa shape index (κ3) is 4.11. The van der Waals surface area contributed by atoms with Gasteiger partial charge in [0, 0.05) is 5.56 Å². The van der Waals surface area contributed by atoms with Crippen molar-refractivity contribution in [3.63, 3.8) is 0 Å². The lowest BCUT2D eigenvalue weighted by Crippen LogP contribution is -2.31. The van der Waals surface area contributed by atoms with Gasteiger partial charge in [0.05, 0.1) is 12.2 Å². The molecule has 0 atom stereocenters. The highest BCUT2D eigenvalue weighted by molar-refractivity contribution is 7.14. The number of thiophene rings is 1. The summed E-state index contributed by atoms with van der Waals surface area (Å²) in [5, 5.41) is 6.98. The number of aryl methyl sites for hydroxylation is 2. The van der Waals surface area contributed by atoms with Crippen LogP contribution in [0.4, 0.5) is 9.80 Å². The van der Waals surface area contributed by atoms with Gasteiger partial charge in [0.25, 0.3) is 11.8 Å². The van der Waals surface area contributed by atoms with Crippen LogP contribution in [0.5, 0.6) is 0 Å². The molecule has 3 rings (SSSR count). The molecular weight excluding hydrogens is 352 g/mol. The molecule has 136 valence electrons. The molecular formula is C19H20N2O4S. The van der Waals surface area contributed by atoms with Crippen LogP contribution in [0.1, 0.15) is 51.6 Å². The van der Waals surface area contributed by atoms with Crippen molar-refractivity contribution in [2.75, 3.05) is 11.9 Å². The van der Waals surface area contributed by atoms with Gasteiger partial charge in [0.2, 0.25) is 0 Å². The number of hydrogen-bond acceptors (Lipinski definition) is 5. The van der Waals surface area contributed by atoms with Crippen LogP contribution in [-0.2, 0) is 17.6 Å². The van der Waals surface area contributed by atoms with Crippen LogP contribution in [0, 0.1) is 0 Å². The molecule has 0 saturated carbocycles. The van der Waals surface area contributed by atoms with E-state index in [4.69, 9.17) is 4.74 Å². The Kier molecular flexibility index (Phi) is 5.68. The third-order valence-electron chi connectivity index (χ3n) is 4.24. The first-order chi connectivity index (χ1) is 12.6. The number of nitrogens with one attached hydrogen (secondary N) is 2. The zero-order valence-corrected chi connectivity index (χ0v) is 15.3. The molecule has 0 radical (unpaired) electrons. The SMILES string of the molecule is CCOC(=O)NC(=O)c1ccsc1NC(=O)c1ccc2c(c1)CCCC2. The number of benzene rings is 1. The minimum atomic E-state index is -0.810. The van der Waals surface area contributed by atoms with E-state index >= 15 is 0 Å². The minimum Gasteiger partial charge on any atom is -0.450 e. The summed E-state index contributed by atoms with van der Waals surface area (Å²) < 4.78 is 4.70. The number of ether oxygens (including phenoxy) is 1. The highest BCUT2D eigenvalue weighted by atomic mass is 32.1. The number of amides is 3. The zero-order chi connectivity index (χ0) is 18.5. The number of hydrogen-bond donors (Lipinski definition) is 2. The Hall–Kier alpha value is -2.67. The first-order valence-corrected chi connectivity index (χ1v) is 9.45. The molecule has 1 aromatic carbocycles. The van der Waals surface area contributed by atoms with Crippen molar-refractivity contribution in [1.29, 1.82) is 0 Å². The van der Waals surface area contributed by atoms with E-state index in [1.54, 1.807) is 18.4 Å². The number of carbonyl (C=O) groups is 3. The molecule has 0 saturated heterocycles. The van der Waals surface area contributed by atoms with Crippen molar-refractivity contribution in [2.24, 2.45) is 0 Å². The number of rotatable bonds is 4. The Morgan fingerprint density at radius 2 is 1.85 bits per heavy atom. The van der Waals surface area contributed by atoms with Crippen LogP contribution in [0.2, 0.25) is 0 Å². The lowest BCUT2D eigenvalue weighted by molar-refractivity contribution is 0.0926. The number of anilines is 1. The van der Waals surface area contributed by atoms with E-state index < -0.39 is 12.0 Å². The largest absolute Gasteiger partial charge is 0.450 e. The normalized spacial score (nSPS) is 12.8. The van der Waals surface area contributed by atoms with Crippen LogP contribution < -0.4 is 10.6 Å². The van der Waals surface area contributed by atoms with Gasteiger partial charge in [-0.15, -0.1) is 11.3 Å². The molecule has 2 N–H and O–H groups in total. The van der Waals surface area contributed by atoms with Crippen molar-refractivity contribution in [3.8, 4) is 0 Å². The maximum Gasteiger partial charge on any atom is 0.414 e. The number of alkyl carbamates (subject to hydrolysis) is 1. The molecule has 3 amide bonds. The third-order valence-corrected chi connectivity index (χ3v) is 5.07. The number of carbonyl (C=O) groups excluding carboxylic acids is 3. The molecule has 1 heterocycles. The first-order valence-electron chi connectivity index (χ1n) is 8.57. The molecule has 0 aliphatic heterocycles. The van der Waals surface area contributed by atoms with Gasteiger partial charge >= 0.3 is 6.09 Å². The van der Waals surface area contributed by atoms with E-state index in [0.29, 0.717) is 10.6 Å². The lowest BCUT2D eigenvalue weighted by atomic mass is 9.90. The average molecular weight is 372 g/mol. The zero-order valence-electron chi connectivity index (χ0n) is 14.5. The van der Waals surface area contributed by atoms with E-state index in [1.807, 2.05) is 18.2 Å². The molecule has 0 fully saturated rings. The Balaban J connectivity index is 1.71. The quantitative estimate of drug-likeness (QED) is 0.856. The first kappa shape index (κ1) is 18.1. The van der Waals surface area contributed by atoms with Crippen LogP contribution in [-0.4, -0.2) is 24.5 Å². The van der Waals surface area contributed by atoms with Crippen molar-refractivity contribution in [2.45, 2.75) is 32.6 Å². The van der Waals surface area contributed by atoms with Gasteiger partial charge in [-0.25, -0.2) is 4.79 Å². The van der Waals surface area contributed by atoms with Crippen LogP contribution in [0.15, 0.2) is 29.6 Å². The van der Waals surface area contributed by atoms with Gasteiger partial charge in [0.1, 0.15) is 5.00 Å². The monoisotopic (exact) mass is 372 g/mol. The van der Waals surface area contributed by atoms with Crippen molar-refractivity contribution >= 4 is 34.2 Å². The van der Waals surface area contributed by atoms with Crippen molar-refractivity contribution < 1.29 is 19.1 Å². The van der Waals surface area contributed by atoms with Gasteiger partial charge in [-0.05, 0) is 67.3 Å². The highest BCUT2D eigenvalue weighted by Gasteiger charge is 2.19. The second kappa shape index (κ2) is 8.14. The summed E-state index contributed by atoms with van der Waals surface area (Å²) in [6.07, 6.45) is 3.56. The van der Waals surface area contributed by atoms with E-state index in [9.17, 15) is 14.4 Å². The minimum absolute atomic E-state index is 0.171. The van der Waals surface area contributed by atoms with Crippen molar-refractivity contribution in [3.05, 3.63) is 51.9 Å². The topological polar surface area (TPSA) is 84.5 Å². The molecule has 26 heavy (non-hydrogen) atoms. The van der Waals surface area contributed by atoms with Crippen LogP contribution in [0.3, 0.4) is 0 Å².